The monoisotopic (exact) mass is 185 g/mol. The lowest BCUT2D eigenvalue weighted by atomic mass is 10.3. The average Bonchev–Trinajstić information content (AvgIpc) is 2.44. The smallest absolute Gasteiger partial charge is 0.239 e. The third-order valence-corrected chi connectivity index (χ3v) is 2.23. The lowest BCUT2D eigenvalue weighted by Crippen LogP contribution is -2.36. The molecule has 13 heavy (non-hydrogen) atoms. The molecule has 0 aromatic rings. The van der Waals surface area contributed by atoms with Gasteiger partial charge in [0.05, 0.1) is 6.04 Å². The van der Waals surface area contributed by atoms with Gasteiger partial charge in [0.25, 0.3) is 0 Å². The number of nitrogens with zero attached hydrogens (tertiary/aromatic N) is 1. The van der Waals surface area contributed by atoms with E-state index in [2.05, 4.69) is 5.32 Å². The first kappa shape index (κ1) is 9.98. The van der Waals surface area contributed by atoms with Gasteiger partial charge >= 0.3 is 0 Å². The molecule has 1 heterocycles. The van der Waals surface area contributed by atoms with Crippen molar-refractivity contribution in [2.45, 2.75) is 18.9 Å². The van der Waals surface area contributed by atoms with E-state index in [0.29, 0.717) is 25.9 Å². The molecule has 0 spiro atoms. The molecule has 3 N–H and O–H groups in total. The molecule has 1 atom stereocenters. The van der Waals surface area contributed by atoms with Crippen LogP contribution in [0.4, 0.5) is 0 Å². The van der Waals surface area contributed by atoms with Crippen LogP contribution in [0, 0.1) is 0 Å². The molecule has 5 nitrogen and oxygen atoms in total. The van der Waals surface area contributed by atoms with Crippen LogP contribution in [-0.4, -0.2) is 42.9 Å². The number of carbonyl (C=O) groups excluding carboxylic acids is 2. The van der Waals surface area contributed by atoms with Crippen LogP contribution < -0.4 is 11.1 Å². The summed E-state index contributed by atoms with van der Waals surface area (Å²) in [6.07, 6.45) is 1.06. The molecule has 0 bridgehead atoms. The molecule has 74 valence electrons. The summed E-state index contributed by atoms with van der Waals surface area (Å²) in [5.41, 5.74) is 5.52. The van der Waals surface area contributed by atoms with Crippen LogP contribution in [0.5, 0.6) is 0 Å². The molecule has 2 amide bonds. The highest BCUT2D eigenvalue weighted by atomic mass is 16.2. The maximum atomic E-state index is 11.3. The molecule has 0 aromatic carbocycles. The Morgan fingerprint density at radius 3 is 2.92 bits per heavy atom. The van der Waals surface area contributed by atoms with E-state index in [1.54, 1.807) is 11.9 Å². The Kier molecular flexibility index (Phi) is 3.25. The van der Waals surface area contributed by atoms with Crippen LogP contribution in [0.3, 0.4) is 0 Å². The molecule has 1 aliphatic heterocycles. The summed E-state index contributed by atoms with van der Waals surface area (Å²) in [6, 6.07) is -0.357. The fraction of sp³-hybridized carbons (Fsp3) is 0.750. The summed E-state index contributed by atoms with van der Waals surface area (Å²) in [4.78, 5) is 23.8. The number of nitrogens with one attached hydrogen (secondary N) is 1. The Bertz CT molecular complexity index is 217. The zero-order valence-electron chi connectivity index (χ0n) is 7.75. The molecule has 1 unspecified atom stereocenters. The highest BCUT2D eigenvalue weighted by molar-refractivity contribution is 5.84. The van der Waals surface area contributed by atoms with Crippen LogP contribution in [0.2, 0.25) is 0 Å². The molecule has 1 fully saturated rings. The van der Waals surface area contributed by atoms with Crippen molar-refractivity contribution in [1.29, 1.82) is 0 Å². The molecule has 0 saturated carbocycles. The van der Waals surface area contributed by atoms with Gasteiger partial charge in [-0.1, -0.05) is 0 Å². The fourth-order valence-electron chi connectivity index (χ4n) is 1.35. The minimum absolute atomic E-state index is 0.0381. The second kappa shape index (κ2) is 4.23. The topological polar surface area (TPSA) is 75.4 Å². The normalized spacial score (nSPS) is 22.2. The van der Waals surface area contributed by atoms with Crippen molar-refractivity contribution < 1.29 is 9.59 Å². The van der Waals surface area contributed by atoms with Crippen LogP contribution in [0.15, 0.2) is 0 Å². The van der Waals surface area contributed by atoms with Crippen molar-refractivity contribution in [3.05, 3.63) is 0 Å². The third-order valence-electron chi connectivity index (χ3n) is 2.23. The summed E-state index contributed by atoms with van der Waals surface area (Å²) in [5, 5.41) is 2.51. The van der Waals surface area contributed by atoms with Crippen molar-refractivity contribution in [3.8, 4) is 0 Å². The molecule has 1 saturated heterocycles. The van der Waals surface area contributed by atoms with E-state index in [1.165, 1.54) is 0 Å². The maximum absolute atomic E-state index is 11.3. The fourth-order valence-corrected chi connectivity index (χ4v) is 1.35. The van der Waals surface area contributed by atoms with Crippen LogP contribution >= 0.6 is 0 Å². The van der Waals surface area contributed by atoms with Gasteiger partial charge in [-0.05, 0) is 6.42 Å². The van der Waals surface area contributed by atoms with E-state index >= 15 is 0 Å². The molecular formula is C8H15N3O2. The predicted octanol–water partition coefficient (Wildman–Crippen LogP) is -1.32. The first-order valence-corrected chi connectivity index (χ1v) is 4.40. The SMILES string of the molecule is CNC(=O)CCN1CCC(N)C1=O. The zero-order chi connectivity index (χ0) is 9.84. The average molecular weight is 185 g/mol. The van der Waals surface area contributed by atoms with Gasteiger partial charge in [0, 0.05) is 26.6 Å². The molecule has 5 heteroatoms. The number of hydrogen-bond acceptors (Lipinski definition) is 3. The predicted molar refractivity (Wildman–Crippen MR) is 47.9 cm³/mol. The number of carbonyl (C=O) groups is 2. The van der Waals surface area contributed by atoms with Crippen LogP contribution in [0.1, 0.15) is 12.8 Å². The molecule has 1 aliphatic rings. The van der Waals surface area contributed by atoms with Crippen LogP contribution in [0.25, 0.3) is 0 Å². The Morgan fingerprint density at radius 1 is 1.77 bits per heavy atom. The largest absolute Gasteiger partial charge is 0.359 e. The number of hydrogen-bond donors (Lipinski definition) is 2. The van der Waals surface area contributed by atoms with Gasteiger partial charge in [-0.25, -0.2) is 0 Å². The van der Waals surface area contributed by atoms with Crippen molar-refractivity contribution in [1.82, 2.24) is 10.2 Å². The lowest BCUT2D eigenvalue weighted by Gasteiger charge is -2.14. The van der Waals surface area contributed by atoms with Crippen molar-refractivity contribution in [2.24, 2.45) is 5.73 Å². The minimum atomic E-state index is -0.357. The van der Waals surface area contributed by atoms with Gasteiger partial charge in [0.15, 0.2) is 0 Å². The van der Waals surface area contributed by atoms with E-state index in [1.807, 2.05) is 0 Å². The highest BCUT2D eigenvalue weighted by Crippen LogP contribution is 2.08. The molecular weight excluding hydrogens is 170 g/mol. The summed E-state index contributed by atoms with van der Waals surface area (Å²) < 4.78 is 0. The van der Waals surface area contributed by atoms with Gasteiger partial charge in [-0.3, -0.25) is 9.59 Å². The summed E-state index contributed by atoms with van der Waals surface area (Å²) >= 11 is 0. The summed E-state index contributed by atoms with van der Waals surface area (Å²) in [5.74, 6) is -0.0859. The first-order valence-electron chi connectivity index (χ1n) is 4.40. The van der Waals surface area contributed by atoms with E-state index in [9.17, 15) is 9.59 Å². The second-order valence-corrected chi connectivity index (χ2v) is 3.14. The Balaban J connectivity index is 2.30. The maximum Gasteiger partial charge on any atom is 0.239 e. The number of rotatable bonds is 3. The summed E-state index contributed by atoms with van der Waals surface area (Å²) in [6.45, 7) is 1.16. The summed E-state index contributed by atoms with van der Waals surface area (Å²) in [7, 11) is 1.58. The van der Waals surface area contributed by atoms with Crippen LogP contribution in [-0.2, 0) is 9.59 Å². The van der Waals surface area contributed by atoms with Crippen molar-refractivity contribution >= 4 is 11.8 Å². The molecule has 0 aliphatic carbocycles. The van der Waals surface area contributed by atoms with Gasteiger partial charge < -0.3 is 16.0 Å². The van der Waals surface area contributed by atoms with E-state index in [0.717, 1.165) is 0 Å². The molecule has 0 radical (unpaired) electrons. The highest BCUT2D eigenvalue weighted by Gasteiger charge is 2.28. The third kappa shape index (κ3) is 2.42. The molecule has 0 aromatic heterocycles. The first-order chi connectivity index (χ1) is 6.15. The zero-order valence-corrected chi connectivity index (χ0v) is 7.75. The van der Waals surface area contributed by atoms with Gasteiger partial charge in [-0.15, -0.1) is 0 Å². The van der Waals surface area contributed by atoms with Crippen molar-refractivity contribution in [2.75, 3.05) is 20.1 Å². The Hall–Kier alpha value is -1.10. The second-order valence-electron chi connectivity index (χ2n) is 3.14. The van der Waals surface area contributed by atoms with Gasteiger partial charge in [0.1, 0.15) is 0 Å². The lowest BCUT2D eigenvalue weighted by molar-refractivity contribution is -0.129. The number of nitrogens with two attached hydrogens (primary N) is 1. The minimum Gasteiger partial charge on any atom is -0.359 e. The van der Waals surface area contributed by atoms with E-state index in [4.69, 9.17) is 5.73 Å². The van der Waals surface area contributed by atoms with E-state index < -0.39 is 0 Å². The quantitative estimate of drug-likeness (QED) is 0.572. The Morgan fingerprint density at radius 2 is 2.46 bits per heavy atom. The standard InChI is InChI=1S/C8H15N3O2/c1-10-7(12)3-5-11-4-2-6(9)8(11)13/h6H,2-5,9H2,1H3,(H,10,12). The van der Waals surface area contributed by atoms with Gasteiger partial charge in [0.2, 0.25) is 11.8 Å². The Labute approximate surface area is 77.3 Å². The number of likely N-dealkylation sites (tertiary alicyclic amines) is 1. The van der Waals surface area contributed by atoms with Crippen molar-refractivity contribution in [3.63, 3.8) is 0 Å². The van der Waals surface area contributed by atoms with E-state index in [-0.39, 0.29) is 17.9 Å². The van der Waals surface area contributed by atoms with Gasteiger partial charge in [-0.2, -0.15) is 0 Å². The number of amides is 2. The molecule has 1 rings (SSSR count).